The summed E-state index contributed by atoms with van der Waals surface area (Å²) < 4.78 is 33.0. The third-order valence-electron chi connectivity index (χ3n) is 3.53. The van der Waals surface area contributed by atoms with E-state index in [4.69, 9.17) is 0 Å². The molecular weight excluding hydrogens is 324 g/mol. The minimum Gasteiger partial charge on any atom is -0.453 e. The average Bonchev–Trinajstić information content (AvgIpc) is 2.55. The Morgan fingerprint density at radius 2 is 2.00 bits per heavy atom. The largest absolute Gasteiger partial charge is 0.453 e. The summed E-state index contributed by atoms with van der Waals surface area (Å²) in [6.45, 7) is -1.92. The maximum atomic E-state index is 12.1. The SMILES string of the molecule is COC(=O)N1CCC[C@H](NC(=O)Nc2ccc(OC(F)F)cc2)C1. The standard InChI is InChI=1S/C15H19F2N3O4/c1-23-15(22)20-8-2-3-11(9-20)19-14(21)18-10-4-6-12(7-5-10)24-13(16)17/h4-7,11,13H,2-3,8-9H2,1H3,(H2,18,19,21)/t11-/m0/s1. The number of likely N-dealkylation sites (tertiary alicyclic amines) is 1. The van der Waals surface area contributed by atoms with Crippen LogP contribution in [0.15, 0.2) is 24.3 Å². The second-order valence-corrected chi connectivity index (χ2v) is 5.26. The number of alkyl halides is 2. The second kappa shape index (κ2) is 8.32. The van der Waals surface area contributed by atoms with Crippen LogP contribution in [0, 0.1) is 0 Å². The number of carbonyl (C=O) groups is 2. The van der Waals surface area contributed by atoms with Gasteiger partial charge in [0, 0.05) is 24.8 Å². The van der Waals surface area contributed by atoms with Gasteiger partial charge in [-0.05, 0) is 37.1 Å². The number of anilines is 1. The van der Waals surface area contributed by atoms with Gasteiger partial charge in [-0.25, -0.2) is 9.59 Å². The fraction of sp³-hybridized carbons (Fsp3) is 0.467. The van der Waals surface area contributed by atoms with Gasteiger partial charge in [0.15, 0.2) is 0 Å². The zero-order valence-electron chi connectivity index (χ0n) is 13.1. The lowest BCUT2D eigenvalue weighted by Gasteiger charge is -2.32. The lowest BCUT2D eigenvalue weighted by atomic mass is 10.1. The smallest absolute Gasteiger partial charge is 0.409 e. The van der Waals surface area contributed by atoms with Crippen LogP contribution in [0.5, 0.6) is 5.75 Å². The number of rotatable bonds is 4. The van der Waals surface area contributed by atoms with Gasteiger partial charge < -0.3 is 25.0 Å². The summed E-state index contributed by atoms with van der Waals surface area (Å²) >= 11 is 0. The van der Waals surface area contributed by atoms with Crippen molar-refractivity contribution in [3.05, 3.63) is 24.3 Å². The topological polar surface area (TPSA) is 79.9 Å². The van der Waals surface area contributed by atoms with Gasteiger partial charge in [-0.15, -0.1) is 0 Å². The fourth-order valence-electron chi connectivity index (χ4n) is 2.46. The molecule has 2 rings (SSSR count). The number of carbonyl (C=O) groups excluding carboxylic acids is 2. The molecule has 1 aromatic rings. The van der Waals surface area contributed by atoms with Crippen molar-refractivity contribution < 1.29 is 27.8 Å². The lowest BCUT2D eigenvalue weighted by Crippen LogP contribution is -2.50. The van der Waals surface area contributed by atoms with Gasteiger partial charge in [-0.3, -0.25) is 0 Å². The van der Waals surface area contributed by atoms with E-state index in [0.29, 0.717) is 18.8 Å². The number of hydrogen-bond acceptors (Lipinski definition) is 4. The van der Waals surface area contributed by atoms with Crippen molar-refractivity contribution >= 4 is 17.8 Å². The number of piperidine rings is 1. The number of nitrogens with zero attached hydrogens (tertiary/aromatic N) is 1. The zero-order valence-corrected chi connectivity index (χ0v) is 13.1. The van der Waals surface area contributed by atoms with E-state index in [0.717, 1.165) is 12.8 Å². The average molecular weight is 343 g/mol. The minimum absolute atomic E-state index is 0.0111. The van der Waals surface area contributed by atoms with Crippen molar-refractivity contribution in [3.8, 4) is 5.75 Å². The van der Waals surface area contributed by atoms with Gasteiger partial charge in [0.05, 0.1) is 7.11 Å². The van der Waals surface area contributed by atoms with Crippen molar-refractivity contribution in [2.75, 3.05) is 25.5 Å². The van der Waals surface area contributed by atoms with Gasteiger partial charge in [0.1, 0.15) is 5.75 Å². The Morgan fingerprint density at radius 3 is 2.62 bits per heavy atom. The highest BCUT2D eigenvalue weighted by molar-refractivity contribution is 5.89. The molecule has 0 aromatic heterocycles. The van der Waals surface area contributed by atoms with Crippen LogP contribution in [-0.2, 0) is 4.74 Å². The molecule has 0 bridgehead atoms. The molecule has 1 fully saturated rings. The van der Waals surface area contributed by atoms with Crippen molar-refractivity contribution in [2.45, 2.75) is 25.5 Å². The Bertz CT molecular complexity index is 568. The van der Waals surface area contributed by atoms with E-state index in [-0.39, 0.29) is 11.8 Å². The fourth-order valence-corrected chi connectivity index (χ4v) is 2.46. The van der Waals surface area contributed by atoms with E-state index < -0.39 is 18.7 Å². The number of nitrogens with one attached hydrogen (secondary N) is 2. The molecule has 1 aromatic carbocycles. The zero-order chi connectivity index (χ0) is 17.5. The summed E-state index contributed by atoms with van der Waals surface area (Å²) in [6.07, 6.45) is 1.10. The Labute approximate surface area is 137 Å². The number of amides is 3. The van der Waals surface area contributed by atoms with Gasteiger partial charge in [0.25, 0.3) is 0 Å². The molecule has 24 heavy (non-hydrogen) atoms. The molecule has 3 amide bonds. The van der Waals surface area contributed by atoms with Crippen LogP contribution >= 0.6 is 0 Å². The third-order valence-corrected chi connectivity index (χ3v) is 3.53. The van der Waals surface area contributed by atoms with Crippen molar-refractivity contribution in [2.24, 2.45) is 0 Å². The molecule has 132 valence electrons. The molecule has 0 saturated carbocycles. The molecule has 7 nitrogen and oxygen atoms in total. The number of hydrogen-bond donors (Lipinski definition) is 2. The first kappa shape index (κ1) is 17.8. The van der Waals surface area contributed by atoms with E-state index in [1.54, 1.807) is 0 Å². The molecule has 9 heteroatoms. The maximum Gasteiger partial charge on any atom is 0.409 e. The summed E-state index contributed by atoms with van der Waals surface area (Å²) in [7, 11) is 1.31. The van der Waals surface area contributed by atoms with Gasteiger partial charge >= 0.3 is 18.7 Å². The minimum atomic E-state index is -2.89. The predicted octanol–water partition coefficient (Wildman–Crippen LogP) is 2.64. The second-order valence-electron chi connectivity index (χ2n) is 5.26. The van der Waals surface area contributed by atoms with E-state index >= 15 is 0 Å². The highest BCUT2D eigenvalue weighted by atomic mass is 19.3. The first-order valence-corrected chi connectivity index (χ1v) is 7.43. The molecule has 1 saturated heterocycles. The Balaban J connectivity index is 1.83. The summed E-state index contributed by atoms with van der Waals surface area (Å²) in [5.41, 5.74) is 0.440. The van der Waals surface area contributed by atoms with Gasteiger partial charge in [-0.1, -0.05) is 0 Å². The Hall–Kier alpha value is -2.58. The molecule has 0 aliphatic carbocycles. The summed E-state index contributed by atoms with van der Waals surface area (Å²) in [5.74, 6) is 0.0111. The summed E-state index contributed by atoms with van der Waals surface area (Å²) in [4.78, 5) is 25.0. The molecule has 0 radical (unpaired) electrons. The highest BCUT2D eigenvalue weighted by Crippen LogP contribution is 2.18. The van der Waals surface area contributed by atoms with E-state index in [2.05, 4.69) is 20.1 Å². The number of benzene rings is 1. The van der Waals surface area contributed by atoms with Crippen LogP contribution in [0.2, 0.25) is 0 Å². The van der Waals surface area contributed by atoms with Crippen LogP contribution in [-0.4, -0.2) is 49.9 Å². The molecule has 2 N–H and O–H groups in total. The number of methoxy groups -OCH3 is 1. The van der Waals surface area contributed by atoms with E-state index in [9.17, 15) is 18.4 Å². The summed E-state index contributed by atoms with van der Waals surface area (Å²) in [5, 5.41) is 5.37. The van der Waals surface area contributed by atoms with Crippen LogP contribution in [0.3, 0.4) is 0 Å². The molecule has 1 atom stereocenters. The normalized spacial score (nSPS) is 17.3. The van der Waals surface area contributed by atoms with Crippen molar-refractivity contribution in [1.29, 1.82) is 0 Å². The predicted molar refractivity (Wildman–Crippen MR) is 82.2 cm³/mol. The number of ether oxygens (including phenoxy) is 2. The molecule has 1 heterocycles. The van der Waals surface area contributed by atoms with E-state index in [1.807, 2.05) is 0 Å². The lowest BCUT2D eigenvalue weighted by molar-refractivity contribution is -0.0498. The van der Waals surface area contributed by atoms with Gasteiger partial charge in [0.2, 0.25) is 0 Å². The monoisotopic (exact) mass is 343 g/mol. The van der Waals surface area contributed by atoms with Crippen molar-refractivity contribution in [3.63, 3.8) is 0 Å². The van der Waals surface area contributed by atoms with Crippen LogP contribution in [0.25, 0.3) is 0 Å². The van der Waals surface area contributed by atoms with Crippen LogP contribution < -0.4 is 15.4 Å². The number of halogens is 2. The van der Waals surface area contributed by atoms with Crippen LogP contribution in [0.4, 0.5) is 24.1 Å². The quantitative estimate of drug-likeness (QED) is 0.881. The molecule has 0 unspecified atom stereocenters. The summed E-state index contributed by atoms with van der Waals surface area (Å²) in [6, 6.07) is 4.97. The third kappa shape index (κ3) is 5.25. The van der Waals surface area contributed by atoms with Crippen LogP contribution in [0.1, 0.15) is 12.8 Å². The Kier molecular flexibility index (Phi) is 6.16. The first-order valence-electron chi connectivity index (χ1n) is 7.43. The molecule has 1 aliphatic heterocycles. The first-order chi connectivity index (χ1) is 11.5. The Morgan fingerprint density at radius 1 is 1.29 bits per heavy atom. The maximum absolute atomic E-state index is 12.1. The molecular formula is C15H19F2N3O4. The molecule has 1 aliphatic rings. The van der Waals surface area contributed by atoms with Gasteiger partial charge in [-0.2, -0.15) is 8.78 Å². The van der Waals surface area contributed by atoms with E-state index in [1.165, 1.54) is 36.3 Å². The number of urea groups is 1. The highest BCUT2D eigenvalue weighted by Gasteiger charge is 2.25. The van der Waals surface area contributed by atoms with Crippen molar-refractivity contribution in [1.82, 2.24) is 10.2 Å². The molecule has 0 spiro atoms.